The molecule has 1 unspecified atom stereocenters. The number of ether oxygens (including phenoxy) is 1. The Morgan fingerprint density at radius 3 is 3.05 bits per heavy atom. The van der Waals surface area contributed by atoms with E-state index in [1.165, 1.54) is 0 Å². The van der Waals surface area contributed by atoms with Gasteiger partial charge in [0, 0.05) is 19.9 Å². The molecule has 1 aliphatic heterocycles. The molecule has 1 N–H and O–H groups in total. The second-order valence-electron chi connectivity index (χ2n) is 5.55. The van der Waals surface area contributed by atoms with Gasteiger partial charge in [-0.05, 0) is 26.3 Å². The van der Waals surface area contributed by atoms with Crippen LogP contribution in [-0.4, -0.2) is 44.1 Å². The van der Waals surface area contributed by atoms with Crippen LogP contribution in [-0.2, 0) is 11.8 Å². The Morgan fingerprint density at radius 1 is 1.55 bits per heavy atom. The molecule has 0 aliphatic carbocycles. The largest absolute Gasteiger partial charge is 0.373 e. The minimum Gasteiger partial charge on any atom is -0.373 e. The van der Waals surface area contributed by atoms with E-state index in [-0.39, 0.29) is 17.6 Å². The Morgan fingerprint density at radius 2 is 2.35 bits per heavy atom. The summed E-state index contributed by atoms with van der Waals surface area (Å²) in [6.45, 7) is 4.63. The van der Waals surface area contributed by atoms with Gasteiger partial charge in [0.25, 0.3) is 5.91 Å². The van der Waals surface area contributed by atoms with E-state index < -0.39 is 0 Å². The molecule has 1 amide bonds. The molecular weight excluding hydrogens is 258 g/mol. The number of carbonyl (C=O) groups is 1. The number of rotatable bonds is 2. The van der Waals surface area contributed by atoms with Gasteiger partial charge in [0.15, 0.2) is 5.65 Å². The van der Waals surface area contributed by atoms with Crippen molar-refractivity contribution in [1.29, 1.82) is 0 Å². The van der Waals surface area contributed by atoms with Crippen molar-refractivity contribution >= 4 is 17.1 Å². The molecule has 7 heteroatoms. The van der Waals surface area contributed by atoms with Gasteiger partial charge in [0.2, 0.25) is 0 Å². The zero-order valence-electron chi connectivity index (χ0n) is 11.8. The van der Waals surface area contributed by atoms with Crippen molar-refractivity contribution < 1.29 is 9.53 Å². The summed E-state index contributed by atoms with van der Waals surface area (Å²) in [5.74, 6) is -0.159. The lowest BCUT2D eigenvalue weighted by atomic mass is 9.99. The summed E-state index contributed by atoms with van der Waals surface area (Å²) in [7, 11) is 1.76. The molecule has 2 aromatic heterocycles. The van der Waals surface area contributed by atoms with Gasteiger partial charge >= 0.3 is 0 Å². The maximum Gasteiger partial charge on any atom is 0.253 e. The maximum absolute atomic E-state index is 12.3. The minimum absolute atomic E-state index is 0.00699. The summed E-state index contributed by atoms with van der Waals surface area (Å²) in [5, 5.41) is 10.8. The van der Waals surface area contributed by atoms with Crippen molar-refractivity contribution in [2.45, 2.75) is 31.9 Å². The van der Waals surface area contributed by atoms with Crippen LogP contribution < -0.4 is 5.32 Å². The molecule has 1 aliphatic rings. The number of amides is 1. The third-order valence-electron chi connectivity index (χ3n) is 3.73. The molecule has 0 spiro atoms. The van der Waals surface area contributed by atoms with Gasteiger partial charge in [-0.15, -0.1) is 5.10 Å². The van der Waals surface area contributed by atoms with Crippen LogP contribution in [0.4, 0.5) is 0 Å². The van der Waals surface area contributed by atoms with Crippen LogP contribution in [0.25, 0.3) is 11.2 Å². The molecule has 0 bridgehead atoms. The maximum atomic E-state index is 12.3. The second kappa shape index (κ2) is 4.52. The van der Waals surface area contributed by atoms with Gasteiger partial charge in [0.05, 0.1) is 17.2 Å². The van der Waals surface area contributed by atoms with Crippen LogP contribution in [0.15, 0.2) is 12.3 Å². The van der Waals surface area contributed by atoms with E-state index in [0.717, 1.165) is 6.42 Å². The standard InChI is InChI=1S/C13H17N5O2/c1-13(2)10(4-5-20-13)15-12(19)8-6-9-11(14-7-8)18(3)17-16-9/h6-7,10H,4-5H2,1-3H3,(H,15,19). The summed E-state index contributed by atoms with van der Waals surface area (Å²) in [6, 6.07) is 1.71. The number of aryl methyl sites for hydroxylation is 1. The average Bonchev–Trinajstić information content (AvgIpc) is 2.93. The molecule has 2 aromatic rings. The van der Waals surface area contributed by atoms with Gasteiger partial charge in [-0.1, -0.05) is 5.21 Å². The van der Waals surface area contributed by atoms with Gasteiger partial charge in [-0.25, -0.2) is 9.67 Å². The molecule has 1 atom stereocenters. The summed E-state index contributed by atoms with van der Waals surface area (Å²) >= 11 is 0. The highest BCUT2D eigenvalue weighted by atomic mass is 16.5. The molecule has 20 heavy (non-hydrogen) atoms. The Balaban J connectivity index is 1.82. The topological polar surface area (TPSA) is 81.9 Å². The SMILES string of the molecule is Cn1nnc2cc(C(=O)NC3CCOC3(C)C)cnc21. The minimum atomic E-state index is -0.334. The number of fused-ring (bicyclic) bond motifs is 1. The molecule has 7 nitrogen and oxygen atoms in total. The number of hydrogen-bond acceptors (Lipinski definition) is 5. The van der Waals surface area contributed by atoms with Gasteiger partial charge < -0.3 is 10.1 Å². The first-order chi connectivity index (χ1) is 9.47. The van der Waals surface area contributed by atoms with Crippen LogP contribution in [0.2, 0.25) is 0 Å². The molecule has 106 valence electrons. The van der Waals surface area contributed by atoms with E-state index >= 15 is 0 Å². The van der Waals surface area contributed by atoms with Gasteiger partial charge in [-0.3, -0.25) is 4.79 Å². The number of carbonyl (C=O) groups excluding carboxylic acids is 1. The monoisotopic (exact) mass is 275 g/mol. The second-order valence-corrected chi connectivity index (χ2v) is 5.55. The smallest absolute Gasteiger partial charge is 0.253 e. The fraction of sp³-hybridized carbons (Fsp3) is 0.538. The Hall–Kier alpha value is -2.02. The molecule has 0 aromatic carbocycles. The zero-order chi connectivity index (χ0) is 14.3. The van der Waals surface area contributed by atoms with Gasteiger partial charge in [-0.2, -0.15) is 0 Å². The Bertz CT molecular complexity index is 664. The number of aromatic nitrogens is 4. The van der Waals surface area contributed by atoms with Crippen molar-refractivity contribution in [2.24, 2.45) is 7.05 Å². The van der Waals surface area contributed by atoms with Crippen molar-refractivity contribution in [1.82, 2.24) is 25.3 Å². The van der Waals surface area contributed by atoms with Crippen LogP contribution in [0, 0.1) is 0 Å². The van der Waals surface area contributed by atoms with E-state index in [1.54, 1.807) is 24.0 Å². The molecular formula is C13H17N5O2. The lowest BCUT2D eigenvalue weighted by Crippen LogP contribution is -2.46. The van der Waals surface area contributed by atoms with E-state index in [2.05, 4.69) is 20.6 Å². The predicted octanol–water partition coefficient (Wildman–Crippen LogP) is 0.661. The third kappa shape index (κ3) is 2.14. The normalized spacial score (nSPS) is 21.2. The number of nitrogens with one attached hydrogen (secondary N) is 1. The molecule has 1 fully saturated rings. The fourth-order valence-electron chi connectivity index (χ4n) is 2.43. The number of hydrogen-bond donors (Lipinski definition) is 1. The van der Waals surface area contributed by atoms with Crippen molar-refractivity contribution in [3.05, 3.63) is 17.8 Å². The summed E-state index contributed by atoms with van der Waals surface area (Å²) in [4.78, 5) is 16.5. The lowest BCUT2D eigenvalue weighted by Gasteiger charge is -2.26. The first-order valence-electron chi connectivity index (χ1n) is 6.57. The zero-order valence-corrected chi connectivity index (χ0v) is 11.8. The average molecular weight is 275 g/mol. The number of pyridine rings is 1. The molecule has 0 radical (unpaired) electrons. The molecule has 3 rings (SSSR count). The summed E-state index contributed by atoms with van der Waals surface area (Å²) in [5.41, 5.74) is 1.42. The van der Waals surface area contributed by atoms with Crippen molar-refractivity contribution in [2.75, 3.05) is 6.61 Å². The third-order valence-corrected chi connectivity index (χ3v) is 3.73. The molecule has 3 heterocycles. The number of nitrogens with zero attached hydrogens (tertiary/aromatic N) is 4. The first-order valence-corrected chi connectivity index (χ1v) is 6.57. The molecule has 1 saturated heterocycles. The van der Waals surface area contributed by atoms with E-state index in [9.17, 15) is 4.79 Å². The van der Waals surface area contributed by atoms with Crippen LogP contribution in [0.5, 0.6) is 0 Å². The lowest BCUT2D eigenvalue weighted by molar-refractivity contribution is 0.0213. The quantitative estimate of drug-likeness (QED) is 0.870. The van der Waals surface area contributed by atoms with E-state index in [1.807, 2.05) is 13.8 Å². The Labute approximate surface area is 116 Å². The predicted molar refractivity (Wildman–Crippen MR) is 72.2 cm³/mol. The Kier molecular flexibility index (Phi) is 2.93. The highest BCUT2D eigenvalue weighted by molar-refractivity contribution is 5.96. The fourth-order valence-corrected chi connectivity index (χ4v) is 2.43. The van der Waals surface area contributed by atoms with Crippen LogP contribution >= 0.6 is 0 Å². The first kappa shape index (κ1) is 13.0. The van der Waals surface area contributed by atoms with Crippen LogP contribution in [0.3, 0.4) is 0 Å². The summed E-state index contributed by atoms with van der Waals surface area (Å²) < 4.78 is 7.18. The highest BCUT2D eigenvalue weighted by Crippen LogP contribution is 2.25. The van der Waals surface area contributed by atoms with Gasteiger partial charge in [0.1, 0.15) is 5.52 Å². The van der Waals surface area contributed by atoms with Crippen molar-refractivity contribution in [3.8, 4) is 0 Å². The van der Waals surface area contributed by atoms with E-state index in [0.29, 0.717) is 23.3 Å². The molecule has 0 saturated carbocycles. The van der Waals surface area contributed by atoms with Crippen LogP contribution in [0.1, 0.15) is 30.6 Å². The summed E-state index contributed by atoms with van der Waals surface area (Å²) in [6.07, 6.45) is 2.36. The highest BCUT2D eigenvalue weighted by Gasteiger charge is 2.36. The van der Waals surface area contributed by atoms with E-state index in [4.69, 9.17) is 4.74 Å². The van der Waals surface area contributed by atoms with Crippen molar-refractivity contribution in [3.63, 3.8) is 0 Å².